The SMILES string of the molecule is CC1CCC(C(NN)c2ccc3c(c2)COC3)CC1. The van der Waals surface area contributed by atoms with Gasteiger partial charge in [0.1, 0.15) is 0 Å². The minimum atomic E-state index is 0.290. The Morgan fingerprint density at radius 1 is 1.16 bits per heavy atom. The maximum absolute atomic E-state index is 5.83. The molecule has 1 saturated carbocycles. The first kappa shape index (κ1) is 13.1. The van der Waals surface area contributed by atoms with Crippen molar-refractivity contribution in [3.05, 3.63) is 34.9 Å². The lowest BCUT2D eigenvalue weighted by Gasteiger charge is -2.32. The zero-order valence-electron chi connectivity index (χ0n) is 11.7. The summed E-state index contributed by atoms with van der Waals surface area (Å²) in [5.74, 6) is 7.38. The molecule has 1 aromatic rings. The van der Waals surface area contributed by atoms with Gasteiger partial charge in [-0.15, -0.1) is 0 Å². The van der Waals surface area contributed by atoms with Crippen LogP contribution in [0, 0.1) is 11.8 Å². The number of rotatable bonds is 3. The van der Waals surface area contributed by atoms with Gasteiger partial charge in [-0.2, -0.15) is 0 Å². The lowest BCUT2D eigenvalue weighted by Crippen LogP contribution is -2.35. The Morgan fingerprint density at radius 3 is 2.63 bits per heavy atom. The van der Waals surface area contributed by atoms with Crippen LogP contribution in [0.25, 0.3) is 0 Å². The van der Waals surface area contributed by atoms with E-state index in [2.05, 4.69) is 30.5 Å². The highest BCUT2D eigenvalue weighted by Crippen LogP contribution is 2.37. The standard InChI is InChI=1S/C16H24N2O/c1-11-2-4-12(5-3-11)16(18-17)13-6-7-14-9-19-10-15(14)8-13/h6-8,11-12,16,18H,2-5,9-10,17H2,1H3. The summed E-state index contributed by atoms with van der Waals surface area (Å²) in [5.41, 5.74) is 7.04. The Balaban J connectivity index is 1.78. The van der Waals surface area contributed by atoms with E-state index < -0.39 is 0 Å². The normalized spacial score (nSPS) is 28.1. The van der Waals surface area contributed by atoms with Gasteiger partial charge in [0, 0.05) is 6.04 Å². The summed E-state index contributed by atoms with van der Waals surface area (Å²) in [6.45, 7) is 3.87. The molecule has 3 heteroatoms. The Morgan fingerprint density at radius 2 is 1.89 bits per heavy atom. The fourth-order valence-electron chi connectivity index (χ4n) is 3.51. The highest BCUT2D eigenvalue weighted by atomic mass is 16.5. The zero-order chi connectivity index (χ0) is 13.2. The number of ether oxygens (including phenoxy) is 1. The predicted molar refractivity (Wildman–Crippen MR) is 76.1 cm³/mol. The van der Waals surface area contributed by atoms with Crippen molar-refractivity contribution in [1.82, 2.24) is 5.43 Å². The molecule has 1 heterocycles. The van der Waals surface area contributed by atoms with E-state index >= 15 is 0 Å². The summed E-state index contributed by atoms with van der Waals surface area (Å²) in [6.07, 6.45) is 5.22. The number of nitrogens with two attached hydrogens (primary N) is 1. The molecule has 1 aliphatic heterocycles. The number of nitrogens with one attached hydrogen (secondary N) is 1. The van der Waals surface area contributed by atoms with Crippen molar-refractivity contribution < 1.29 is 4.74 Å². The van der Waals surface area contributed by atoms with Crippen molar-refractivity contribution in [3.8, 4) is 0 Å². The van der Waals surface area contributed by atoms with Gasteiger partial charge in [0.2, 0.25) is 0 Å². The van der Waals surface area contributed by atoms with Gasteiger partial charge in [0.25, 0.3) is 0 Å². The van der Waals surface area contributed by atoms with Crippen LogP contribution >= 0.6 is 0 Å². The first-order chi connectivity index (χ1) is 9.28. The second kappa shape index (κ2) is 5.61. The van der Waals surface area contributed by atoms with E-state index in [1.54, 1.807) is 0 Å². The molecule has 3 rings (SSSR count). The van der Waals surface area contributed by atoms with E-state index in [-0.39, 0.29) is 0 Å². The largest absolute Gasteiger partial charge is 0.372 e. The van der Waals surface area contributed by atoms with E-state index in [9.17, 15) is 0 Å². The number of hydrogen-bond acceptors (Lipinski definition) is 3. The molecule has 0 aromatic heterocycles. The maximum atomic E-state index is 5.83. The highest BCUT2D eigenvalue weighted by molar-refractivity contribution is 5.34. The third-order valence-corrected chi connectivity index (χ3v) is 4.82. The average molecular weight is 260 g/mol. The summed E-state index contributed by atoms with van der Waals surface area (Å²) >= 11 is 0. The monoisotopic (exact) mass is 260 g/mol. The van der Waals surface area contributed by atoms with Gasteiger partial charge in [-0.1, -0.05) is 38.0 Å². The van der Waals surface area contributed by atoms with Crippen molar-refractivity contribution >= 4 is 0 Å². The van der Waals surface area contributed by atoms with E-state index in [0.717, 1.165) is 19.1 Å². The van der Waals surface area contributed by atoms with Gasteiger partial charge in [0.15, 0.2) is 0 Å². The van der Waals surface area contributed by atoms with Crippen LogP contribution in [0.15, 0.2) is 18.2 Å². The van der Waals surface area contributed by atoms with Gasteiger partial charge >= 0.3 is 0 Å². The van der Waals surface area contributed by atoms with Crippen LogP contribution in [0.2, 0.25) is 0 Å². The van der Waals surface area contributed by atoms with Crippen molar-refractivity contribution in [1.29, 1.82) is 0 Å². The molecule has 1 fully saturated rings. The molecule has 0 spiro atoms. The summed E-state index contributed by atoms with van der Waals surface area (Å²) in [5, 5.41) is 0. The highest BCUT2D eigenvalue weighted by Gasteiger charge is 2.27. The third kappa shape index (κ3) is 2.69. The van der Waals surface area contributed by atoms with Crippen molar-refractivity contribution in [2.24, 2.45) is 17.7 Å². The lowest BCUT2D eigenvalue weighted by molar-refractivity contribution is 0.134. The molecule has 1 unspecified atom stereocenters. The molecule has 0 bridgehead atoms. The van der Waals surface area contributed by atoms with E-state index in [0.29, 0.717) is 12.0 Å². The zero-order valence-corrected chi connectivity index (χ0v) is 11.7. The van der Waals surface area contributed by atoms with Crippen LogP contribution in [-0.2, 0) is 18.0 Å². The Hall–Kier alpha value is -0.900. The fourth-order valence-corrected chi connectivity index (χ4v) is 3.51. The van der Waals surface area contributed by atoms with Gasteiger partial charge in [-0.25, -0.2) is 0 Å². The molecule has 3 nitrogen and oxygen atoms in total. The molecule has 2 aliphatic rings. The van der Waals surface area contributed by atoms with Gasteiger partial charge in [0.05, 0.1) is 13.2 Å². The molecule has 1 atom stereocenters. The van der Waals surface area contributed by atoms with Gasteiger partial charge < -0.3 is 4.74 Å². The Bertz CT molecular complexity index is 438. The van der Waals surface area contributed by atoms with E-state index in [1.165, 1.54) is 42.4 Å². The fraction of sp³-hybridized carbons (Fsp3) is 0.625. The first-order valence-electron chi connectivity index (χ1n) is 7.43. The molecule has 1 aliphatic carbocycles. The molecule has 104 valence electrons. The molecule has 0 radical (unpaired) electrons. The molecule has 0 amide bonds. The average Bonchev–Trinajstić information content (AvgIpc) is 2.89. The smallest absolute Gasteiger partial charge is 0.0725 e. The second-order valence-electron chi connectivity index (χ2n) is 6.19. The minimum absolute atomic E-state index is 0.290. The van der Waals surface area contributed by atoms with E-state index in [1.807, 2.05) is 0 Å². The Labute approximate surface area is 115 Å². The molecular formula is C16H24N2O. The quantitative estimate of drug-likeness (QED) is 0.648. The number of benzene rings is 1. The number of hydrazine groups is 1. The topological polar surface area (TPSA) is 47.3 Å². The van der Waals surface area contributed by atoms with Crippen LogP contribution in [0.5, 0.6) is 0 Å². The number of hydrogen-bond donors (Lipinski definition) is 2. The van der Waals surface area contributed by atoms with Crippen LogP contribution in [0.1, 0.15) is 55.3 Å². The number of fused-ring (bicyclic) bond motifs is 1. The maximum Gasteiger partial charge on any atom is 0.0725 e. The van der Waals surface area contributed by atoms with Crippen LogP contribution in [0.3, 0.4) is 0 Å². The molecular weight excluding hydrogens is 236 g/mol. The van der Waals surface area contributed by atoms with Crippen LogP contribution < -0.4 is 11.3 Å². The molecule has 1 aromatic carbocycles. The minimum Gasteiger partial charge on any atom is -0.372 e. The summed E-state index contributed by atoms with van der Waals surface area (Å²) < 4.78 is 5.49. The lowest BCUT2D eigenvalue weighted by atomic mass is 9.77. The van der Waals surface area contributed by atoms with Gasteiger partial charge in [-0.3, -0.25) is 11.3 Å². The first-order valence-corrected chi connectivity index (χ1v) is 7.43. The predicted octanol–water partition coefficient (Wildman–Crippen LogP) is 3.05. The van der Waals surface area contributed by atoms with Crippen LogP contribution in [0.4, 0.5) is 0 Å². The summed E-state index contributed by atoms with van der Waals surface area (Å²) in [4.78, 5) is 0. The summed E-state index contributed by atoms with van der Waals surface area (Å²) in [6, 6.07) is 6.99. The van der Waals surface area contributed by atoms with Crippen molar-refractivity contribution in [2.45, 2.75) is 51.9 Å². The van der Waals surface area contributed by atoms with Crippen molar-refractivity contribution in [3.63, 3.8) is 0 Å². The molecule has 19 heavy (non-hydrogen) atoms. The Kier molecular flexibility index (Phi) is 3.87. The van der Waals surface area contributed by atoms with Crippen molar-refractivity contribution in [2.75, 3.05) is 0 Å². The molecule has 3 N–H and O–H groups in total. The summed E-state index contributed by atoms with van der Waals surface area (Å²) in [7, 11) is 0. The third-order valence-electron chi connectivity index (χ3n) is 4.82. The molecule has 0 saturated heterocycles. The van der Waals surface area contributed by atoms with Gasteiger partial charge in [-0.05, 0) is 41.4 Å². The second-order valence-corrected chi connectivity index (χ2v) is 6.19. The van der Waals surface area contributed by atoms with Crippen LogP contribution in [-0.4, -0.2) is 0 Å². The van der Waals surface area contributed by atoms with E-state index in [4.69, 9.17) is 10.6 Å².